The van der Waals surface area contributed by atoms with Gasteiger partial charge in [-0.1, -0.05) is 16.8 Å². The Morgan fingerprint density at radius 1 is 1.59 bits per heavy atom. The molecule has 0 bridgehead atoms. The number of fused-ring (bicyclic) bond motifs is 2. The highest BCUT2D eigenvalue weighted by Gasteiger charge is 2.36. The summed E-state index contributed by atoms with van der Waals surface area (Å²) >= 11 is 7.55. The Bertz CT molecular complexity index is 512. The number of carbonyl (C=O) groups excluding carboxylic acids is 1. The first kappa shape index (κ1) is 11.0. The molecule has 2 aliphatic heterocycles. The molecule has 1 saturated heterocycles. The average molecular weight is 271 g/mol. The van der Waals surface area contributed by atoms with E-state index in [-0.39, 0.29) is 11.9 Å². The zero-order valence-electron chi connectivity index (χ0n) is 9.02. The van der Waals surface area contributed by atoms with Crippen LogP contribution in [-0.4, -0.2) is 27.8 Å². The van der Waals surface area contributed by atoms with Gasteiger partial charge in [-0.3, -0.25) is 4.79 Å². The monoisotopic (exact) mass is 270 g/mol. The zero-order valence-corrected chi connectivity index (χ0v) is 10.6. The van der Waals surface area contributed by atoms with Gasteiger partial charge in [-0.15, -0.1) is 11.3 Å². The summed E-state index contributed by atoms with van der Waals surface area (Å²) in [6.07, 6.45) is 2.03. The fourth-order valence-electron chi connectivity index (χ4n) is 2.57. The Balaban J connectivity index is 2.08. The summed E-state index contributed by atoms with van der Waals surface area (Å²) < 4.78 is 0.682. The molecule has 0 aromatic carbocycles. The highest BCUT2D eigenvalue weighted by atomic mass is 35.5. The van der Waals surface area contributed by atoms with Gasteiger partial charge >= 0.3 is 0 Å². The standard InChI is InChI=1S/C11H11ClN2O2S/c12-11-7-4-14-6(1-2-10(14)15)3-9(13-16)8(7)5-17-11/h5-6,16H,1-4H2/b13-9+. The lowest BCUT2D eigenvalue weighted by Gasteiger charge is -2.21. The molecule has 6 heteroatoms. The Morgan fingerprint density at radius 3 is 3.18 bits per heavy atom. The Labute approximate surface area is 107 Å². The van der Waals surface area contributed by atoms with Crippen LogP contribution in [-0.2, 0) is 11.3 Å². The molecule has 2 aliphatic rings. The molecule has 0 saturated carbocycles. The van der Waals surface area contributed by atoms with Crippen LogP contribution in [0.25, 0.3) is 0 Å². The van der Waals surface area contributed by atoms with E-state index in [4.69, 9.17) is 16.8 Å². The van der Waals surface area contributed by atoms with Crippen molar-refractivity contribution in [1.29, 1.82) is 0 Å². The topological polar surface area (TPSA) is 52.9 Å². The number of oxime groups is 1. The molecule has 3 heterocycles. The molecule has 1 fully saturated rings. The first-order valence-electron chi connectivity index (χ1n) is 5.47. The highest BCUT2D eigenvalue weighted by Crippen LogP contribution is 2.36. The van der Waals surface area contributed by atoms with E-state index in [0.717, 1.165) is 17.5 Å². The van der Waals surface area contributed by atoms with Crippen molar-refractivity contribution in [2.24, 2.45) is 5.16 Å². The zero-order chi connectivity index (χ0) is 12.0. The number of thiophene rings is 1. The van der Waals surface area contributed by atoms with Gasteiger partial charge in [-0.05, 0) is 6.42 Å². The third kappa shape index (κ3) is 1.65. The summed E-state index contributed by atoms with van der Waals surface area (Å²) in [5.74, 6) is 0.169. The number of amides is 1. The third-order valence-corrected chi connectivity index (χ3v) is 4.79. The first-order valence-corrected chi connectivity index (χ1v) is 6.73. The van der Waals surface area contributed by atoms with Crippen molar-refractivity contribution in [2.45, 2.75) is 31.8 Å². The summed E-state index contributed by atoms with van der Waals surface area (Å²) in [6, 6.07) is 0.155. The molecule has 90 valence electrons. The second-order valence-electron chi connectivity index (χ2n) is 4.37. The predicted octanol–water partition coefficient (Wildman–Crippen LogP) is 2.47. The molecule has 1 aromatic heterocycles. The van der Waals surface area contributed by atoms with Crippen molar-refractivity contribution >= 4 is 34.6 Å². The largest absolute Gasteiger partial charge is 0.411 e. The number of hydrogen-bond donors (Lipinski definition) is 1. The molecule has 1 atom stereocenters. The van der Waals surface area contributed by atoms with Gasteiger partial charge in [0.25, 0.3) is 0 Å². The van der Waals surface area contributed by atoms with Crippen LogP contribution in [0.4, 0.5) is 0 Å². The molecule has 3 rings (SSSR count). The van der Waals surface area contributed by atoms with Crippen LogP contribution < -0.4 is 0 Å². The van der Waals surface area contributed by atoms with Gasteiger partial charge in [0, 0.05) is 41.9 Å². The van der Waals surface area contributed by atoms with Gasteiger partial charge in [0.2, 0.25) is 5.91 Å². The average Bonchev–Trinajstić information content (AvgIpc) is 2.79. The van der Waals surface area contributed by atoms with E-state index >= 15 is 0 Å². The Hall–Kier alpha value is -1.07. The molecule has 0 aliphatic carbocycles. The van der Waals surface area contributed by atoms with Crippen LogP contribution in [0.1, 0.15) is 30.4 Å². The van der Waals surface area contributed by atoms with Crippen molar-refractivity contribution in [3.8, 4) is 0 Å². The van der Waals surface area contributed by atoms with Crippen LogP contribution in [0, 0.1) is 0 Å². The molecule has 0 spiro atoms. The number of nitrogens with zero attached hydrogens (tertiary/aromatic N) is 2. The van der Waals surface area contributed by atoms with Gasteiger partial charge in [-0.25, -0.2) is 0 Å². The van der Waals surface area contributed by atoms with Gasteiger partial charge in [0.1, 0.15) is 0 Å². The first-order chi connectivity index (χ1) is 8.20. The fraction of sp³-hybridized carbons (Fsp3) is 0.455. The summed E-state index contributed by atoms with van der Waals surface area (Å²) in [5, 5.41) is 14.4. The molecular formula is C11H11ClN2O2S. The summed E-state index contributed by atoms with van der Waals surface area (Å²) in [4.78, 5) is 13.6. The van der Waals surface area contributed by atoms with E-state index in [9.17, 15) is 4.79 Å². The minimum atomic E-state index is 0.155. The molecule has 1 N–H and O–H groups in total. The van der Waals surface area contributed by atoms with Crippen LogP contribution in [0.2, 0.25) is 4.34 Å². The van der Waals surface area contributed by atoms with Crippen LogP contribution in [0.5, 0.6) is 0 Å². The van der Waals surface area contributed by atoms with Gasteiger partial charge in [0.05, 0.1) is 10.0 Å². The maximum Gasteiger partial charge on any atom is 0.223 e. The fourth-order valence-corrected chi connectivity index (χ4v) is 3.68. The van der Waals surface area contributed by atoms with Crippen LogP contribution in [0.15, 0.2) is 10.5 Å². The minimum absolute atomic E-state index is 0.155. The number of hydrogen-bond acceptors (Lipinski definition) is 4. The highest BCUT2D eigenvalue weighted by molar-refractivity contribution is 7.14. The lowest BCUT2D eigenvalue weighted by atomic mass is 10.0. The van der Waals surface area contributed by atoms with E-state index in [0.29, 0.717) is 29.4 Å². The van der Waals surface area contributed by atoms with E-state index in [1.54, 1.807) is 0 Å². The van der Waals surface area contributed by atoms with Crippen molar-refractivity contribution in [3.05, 3.63) is 20.8 Å². The number of halogens is 1. The molecular weight excluding hydrogens is 260 g/mol. The molecule has 1 unspecified atom stereocenters. The van der Waals surface area contributed by atoms with Crippen molar-refractivity contribution in [2.75, 3.05) is 0 Å². The Morgan fingerprint density at radius 2 is 2.41 bits per heavy atom. The van der Waals surface area contributed by atoms with Gasteiger partial charge in [-0.2, -0.15) is 0 Å². The van der Waals surface area contributed by atoms with Gasteiger partial charge in [0.15, 0.2) is 0 Å². The van der Waals surface area contributed by atoms with E-state index in [1.807, 2.05) is 10.3 Å². The van der Waals surface area contributed by atoms with Crippen molar-refractivity contribution in [1.82, 2.24) is 4.90 Å². The van der Waals surface area contributed by atoms with E-state index in [2.05, 4.69) is 5.16 Å². The second-order valence-corrected chi connectivity index (χ2v) is 5.85. The maximum absolute atomic E-state index is 11.8. The molecule has 1 aromatic rings. The maximum atomic E-state index is 11.8. The lowest BCUT2D eigenvalue weighted by Crippen LogP contribution is -2.31. The molecule has 17 heavy (non-hydrogen) atoms. The SMILES string of the molecule is O=C1CCC2C/C(=N\O)c3csc(Cl)c3CN12. The minimum Gasteiger partial charge on any atom is -0.411 e. The normalized spacial score (nSPS) is 25.9. The van der Waals surface area contributed by atoms with E-state index in [1.165, 1.54) is 11.3 Å². The summed E-state index contributed by atoms with van der Waals surface area (Å²) in [6.45, 7) is 0.542. The van der Waals surface area contributed by atoms with Crippen molar-refractivity contribution in [3.63, 3.8) is 0 Å². The van der Waals surface area contributed by atoms with Gasteiger partial charge < -0.3 is 10.1 Å². The number of rotatable bonds is 0. The summed E-state index contributed by atoms with van der Waals surface area (Å²) in [7, 11) is 0. The second kappa shape index (κ2) is 3.99. The quantitative estimate of drug-likeness (QED) is 0.582. The van der Waals surface area contributed by atoms with Crippen LogP contribution in [0.3, 0.4) is 0 Å². The third-order valence-electron chi connectivity index (χ3n) is 3.48. The van der Waals surface area contributed by atoms with Crippen LogP contribution >= 0.6 is 22.9 Å². The molecule has 4 nitrogen and oxygen atoms in total. The number of carbonyl (C=O) groups is 1. The molecule has 1 amide bonds. The van der Waals surface area contributed by atoms with E-state index < -0.39 is 0 Å². The van der Waals surface area contributed by atoms with Crippen molar-refractivity contribution < 1.29 is 10.0 Å². The Kier molecular flexibility index (Phi) is 2.60. The molecule has 0 radical (unpaired) electrons. The lowest BCUT2D eigenvalue weighted by molar-refractivity contribution is -0.129. The summed E-state index contributed by atoms with van der Waals surface area (Å²) in [5.41, 5.74) is 2.46. The smallest absolute Gasteiger partial charge is 0.223 e. The predicted molar refractivity (Wildman–Crippen MR) is 65.8 cm³/mol.